The van der Waals surface area contributed by atoms with Gasteiger partial charge in [-0.25, -0.2) is 18.4 Å². The number of halogens is 3. The standard InChI is InChI=1S/C21H17ClF2N4O3/c1-11-19-13(20(23)24)9-15(17-4-3-7-31-17)26-21(19)28(27-11)10-18(29)25-12-5-6-16(30-2)14(22)8-12/h3-9,20H,10H2,1-2H3,(H,25,29). The highest BCUT2D eigenvalue weighted by Crippen LogP contribution is 2.33. The molecule has 1 N–H and O–H groups in total. The molecular formula is C21H17ClF2N4O3. The molecule has 0 bridgehead atoms. The minimum Gasteiger partial charge on any atom is -0.495 e. The van der Waals surface area contributed by atoms with Crippen molar-refractivity contribution >= 4 is 34.2 Å². The molecule has 31 heavy (non-hydrogen) atoms. The molecule has 3 heterocycles. The van der Waals surface area contributed by atoms with Gasteiger partial charge in [0.25, 0.3) is 6.43 Å². The fraction of sp³-hybridized carbons (Fsp3) is 0.190. The number of hydrogen-bond acceptors (Lipinski definition) is 5. The monoisotopic (exact) mass is 446 g/mol. The molecule has 10 heteroatoms. The summed E-state index contributed by atoms with van der Waals surface area (Å²) in [7, 11) is 1.49. The molecule has 0 spiro atoms. The van der Waals surface area contributed by atoms with Crippen LogP contribution in [-0.2, 0) is 11.3 Å². The highest BCUT2D eigenvalue weighted by atomic mass is 35.5. The Hall–Kier alpha value is -3.46. The Balaban J connectivity index is 1.69. The van der Waals surface area contributed by atoms with E-state index in [2.05, 4.69) is 15.4 Å². The summed E-state index contributed by atoms with van der Waals surface area (Å²) in [5, 5.41) is 7.52. The maximum Gasteiger partial charge on any atom is 0.264 e. The number of carbonyl (C=O) groups is 1. The van der Waals surface area contributed by atoms with Crippen LogP contribution in [0.3, 0.4) is 0 Å². The molecule has 0 saturated carbocycles. The number of alkyl halides is 2. The molecule has 0 fully saturated rings. The van der Waals surface area contributed by atoms with Crippen LogP contribution in [0.25, 0.3) is 22.5 Å². The second kappa shape index (κ2) is 8.35. The lowest BCUT2D eigenvalue weighted by atomic mass is 10.1. The zero-order chi connectivity index (χ0) is 22.1. The van der Waals surface area contributed by atoms with Crippen molar-refractivity contribution < 1.29 is 22.7 Å². The summed E-state index contributed by atoms with van der Waals surface area (Å²) in [6, 6.07) is 9.35. The number of anilines is 1. The number of hydrogen-bond donors (Lipinski definition) is 1. The average molecular weight is 447 g/mol. The Bertz CT molecular complexity index is 1260. The predicted octanol–water partition coefficient (Wildman–Crippen LogP) is 5.24. The number of nitrogens with one attached hydrogen (secondary N) is 1. The molecule has 0 aliphatic carbocycles. The SMILES string of the molecule is COc1ccc(NC(=O)Cn2nc(C)c3c(C(F)F)cc(-c4ccco4)nc32)cc1Cl. The van der Waals surface area contributed by atoms with Crippen LogP contribution in [0.5, 0.6) is 5.75 Å². The molecule has 0 atom stereocenters. The van der Waals surface area contributed by atoms with Crippen LogP contribution in [0.15, 0.2) is 47.1 Å². The minimum atomic E-state index is -2.74. The smallest absolute Gasteiger partial charge is 0.264 e. The van der Waals surface area contributed by atoms with Crippen LogP contribution in [0.4, 0.5) is 14.5 Å². The summed E-state index contributed by atoms with van der Waals surface area (Å²) >= 11 is 6.08. The number of aromatic nitrogens is 3. The number of methoxy groups -OCH3 is 1. The number of pyridine rings is 1. The first-order valence-corrected chi connectivity index (χ1v) is 9.58. The zero-order valence-corrected chi connectivity index (χ0v) is 17.3. The number of furan rings is 1. The molecule has 0 aliphatic heterocycles. The highest BCUT2D eigenvalue weighted by Gasteiger charge is 2.22. The highest BCUT2D eigenvalue weighted by molar-refractivity contribution is 6.32. The molecule has 1 amide bonds. The van der Waals surface area contributed by atoms with Gasteiger partial charge < -0.3 is 14.5 Å². The fourth-order valence-corrected chi connectivity index (χ4v) is 3.56. The molecular weight excluding hydrogens is 430 g/mol. The van der Waals surface area contributed by atoms with Crippen molar-refractivity contribution in [3.8, 4) is 17.2 Å². The third kappa shape index (κ3) is 4.09. The third-order valence-electron chi connectivity index (χ3n) is 4.65. The Morgan fingerprint density at radius 2 is 2.13 bits per heavy atom. The van der Waals surface area contributed by atoms with Crippen LogP contribution in [0.1, 0.15) is 17.7 Å². The molecule has 0 radical (unpaired) electrons. The summed E-state index contributed by atoms with van der Waals surface area (Å²) in [6.45, 7) is 1.37. The lowest BCUT2D eigenvalue weighted by Crippen LogP contribution is -2.20. The van der Waals surface area contributed by atoms with Crippen molar-refractivity contribution in [3.05, 3.63) is 58.9 Å². The number of benzene rings is 1. The summed E-state index contributed by atoms with van der Waals surface area (Å²) in [6.07, 6.45) is -1.31. The van der Waals surface area contributed by atoms with E-state index in [4.69, 9.17) is 20.8 Å². The Morgan fingerprint density at radius 1 is 1.32 bits per heavy atom. The van der Waals surface area contributed by atoms with Gasteiger partial charge in [0.2, 0.25) is 5.91 Å². The van der Waals surface area contributed by atoms with Gasteiger partial charge in [0.05, 0.1) is 29.5 Å². The van der Waals surface area contributed by atoms with Crippen LogP contribution < -0.4 is 10.1 Å². The summed E-state index contributed by atoms with van der Waals surface area (Å²) in [4.78, 5) is 17.0. The van der Waals surface area contributed by atoms with Gasteiger partial charge in [-0.05, 0) is 43.3 Å². The van der Waals surface area contributed by atoms with E-state index in [0.29, 0.717) is 27.9 Å². The van der Waals surface area contributed by atoms with E-state index in [9.17, 15) is 13.6 Å². The van der Waals surface area contributed by atoms with E-state index >= 15 is 0 Å². The van der Waals surface area contributed by atoms with Crippen LogP contribution >= 0.6 is 11.6 Å². The molecule has 160 valence electrons. The van der Waals surface area contributed by atoms with Crippen molar-refractivity contribution in [3.63, 3.8) is 0 Å². The number of ether oxygens (including phenoxy) is 1. The van der Waals surface area contributed by atoms with Gasteiger partial charge in [-0.2, -0.15) is 5.10 Å². The molecule has 7 nitrogen and oxygen atoms in total. The Kier molecular flexibility index (Phi) is 5.60. The third-order valence-corrected chi connectivity index (χ3v) is 4.94. The van der Waals surface area contributed by atoms with E-state index in [-0.39, 0.29) is 28.8 Å². The molecule has 4 aromatic rings. The number of rotatable bonds is 6. The maximum atomic E-state index is 13.8. The molecule has 3 aromatic heterocycles. The predicted molar refractivity (Wildman–Crippen MR) is 112 cm³/mol. The van der Waals surface area contributed by atoms with Gasteiger partial charge in [0, 0.05) is 11.3 Å². The maximum absolute atomic E-state index is 13.8. The number of aryl methyl sites for hydroxylation is 1. The molecule has 4 rings (SSSR count). The van der Waals surface area contributed by atoms with Gasteiger partial charge in [0.1, 0.15) is 18.0 Å². The van der Waals surface area contributed by atoms with Crippen molar-refractivity contribution in [2.24, 2.45) is 0 Å². The van der Waals surface area contributed by atoms with Gasteiger partial charge in [-0.15, -0.1) is 0 Å². The van der Waals surface area contributed by atoms with Crippen LogP contribution in [0, 0.1) is 6.92 Å². The van der Waals surface area contributed by atoms with E-state index < -0.39 is 12.3 Å². The molecule has 0 unspecified atom stereocenters. The van der Waals surface area contributed by atoms with Crippen molar-refractivity contribution in [2.75, 3.05) is 12.4 Å². The van der Waals surface area contributed by atoms with Crippen molar-refractivity contribution in [1.82, 2.24) is 14.8 Å². The lowest BCUT2D eigenvalue weighted by molar-refractivity contribution is -0.116. The van der Waals surface area contributed by atoms with E-state index in [1.54, 1.807) is 37.3 Å². The lowest BCUT2D eigenvalue weighted by Gasteiger charge is -2.09. The van der Waals surface area contributed by atoms with Gasteiger partial charge in [0.15, 0.2) is 11.4 Å². The first kappa shape index (κ1) is 20.8. The Labute approximate surface area is 180 Å². The summed E-state index contributed by atoms with van der Waals surface area (Å²) in [5.74, 6) is 0.392. The summed E-state index contributed by atoms with van der Waals surface area (Å²) in [5.41, 5.74) is 0.994. The van der Waals surface area contributed by atoms with E-state index in [0.717, 1.165) is 0 Å². The van der Waals surface area contributed by atoms with E-state index in [1.165, 1.54) is 24.1 Å². The van der Waals surface area contributed by atoms with Gasteiger partial charge in [-0.3, -0.25) is 4.79 Å². The second-order valence-corrected chi connectivity index (χ2v) is 7.12. The largest absolute Gasteiger partial charge is 0.495 e. The zero-order valence-electron chi connectivity index (χ0n) is 16.5. The molecule has 1 aromatic carbocycles. The Morgan fingerprint density at radius 3 is 2.77 bits per heavy atom. The minimum absolute atomic E-state index is 0.171. The van der Waals surface area contributed by atoms with Crippen molar-refractivity contribution in [2.45, 2.75) is 19.9 Å². The number of carbonyl (C=O) groups excluding carboxylic acids is 1. The molecule has 0 saturated heterocycles. The topological polar surface area (TPSA) is 82.2 Å². The average Bonchev–Trinajstić information content (AvgIpc) is 3.36. The van der Waals surface area contributed by atoms with Crippen LogP contribution in [-0.4, -0.2) is 27.8 Å². The fourth-order valence-electron chi connectivity index (χ4n) is 3.30. The number of amides is 1. The normalized spacial score (nSPS) is 11.3. The first-order chi connectivity index (χ1) is 14.9. The van der Waals surface area contributed by atoms with Crippen LogP contribution in [0.2, 0.25) is 5.02 Å². The quantitative estimate of drug-likeness (QED) is 0.438. The van der Waals surface area contributed by atoms with Gasteiger partial charge in [-0.1, -0.05) is 11.6 Å². The van der Waals surface area contributed by atoms with Gasteiger partial charge >= 0.3 is 0 Å². The second-order valence-electron chi connectivity index (χ2n) is 6.71. The summed E-state index contributed by atoms with van der Waals surface area (Å²) < 4.78 is 39.2. The number of fused-ring (bicyclic) bond motifs is 1. The van der Waals surface area contributed by atoms with Crippen molar-refractivity contribution in [1.29, 1.82) is 0 Å². The van der Waals surface area contributed by atoms with E-state index in [1.807, 2.05) is 0 Å². The molecule has 0 aliphatic rings. The number of nitrogens with zero attached hydrogens (tertiary/aromatic N) is 3. The first-order valence-electron chi connectivity index (χ1n) is 9.21.